The summed E-state index contributed by atoms with van der Waals surface area (Å²) < 4.78 is 15.3. The summed E-state index contributed by atoms with van der Waals surface area (Å²) in [6, 6.07) is 2.20. The first-order valence-corrected chi connectivity index (χ1v) is 8.93. The van der Waals surface area contributed by atoms with Gasteiger partial charge in [0.1, 0.15) is 5.92 Å². The zero-order valence-corrected chi connectivity index (χ0v) is 16.1. The van der Waals surface area contributed by atoms with E-state index in [1.807, 2.05) is 19.9 Å². The van der Waals surface area contributed by atoms with E-state index in [1.54, 1.807) is 19.5 Å². The Balaban J connectivity index is 1.64. The van der Waals surface area contributed by atoms with E-state index in [4.69, 9.17) is 14.0 Å². The Bertz CT molecular complexity index is 753. The maximum absolute atomic E-state index is 12.0. The second kappa shape index (κ2) is 8.24. The van der Waals surface area contributed by atoms with Crippen molar-refractivity contribution in [3.05, 3.63) is 24.2 Å². The average molecular weight is 375 g/mol. The van der Waals surface area contributed by atoms with Gasteiger partial charge in [0.25, 0.3) is 0 Å². The van der Waals surface area contributed by atoms with E-state index >= 15 is 0 Å². The summed E-state index contributed by atoms with van der Waals surface area (Å²) >= 11 is 0. The molecule has 27 heavy (non-hydrogen) atoms. The second-order valence-corrected chi connectivity index (χ2v) is 6.73. The van der Waals surface area contributed by atoms with Gasteiger partial charge in [0.2, 0.25) is 0 Å². The van der Waals surface area contributed by atoms with E-state index in [2.05, 4.69) is 24.9 Å². The molecule has 1 unspecified atom stereocenters. The Morgan fingerprint density at radius 1 is 1.11 bits per heavy atom. The quantitative estimate of drug-likeness (QED) is 0.699. The van der Waals surface area contributed by atoms with Gasteiger partial charge in [0.05, 0.1) is 32.3 Å². The van der Waals surface area contributed by atoms with Gasteiger partial charge >= 0.3 is 12.0 Å². The van der Waals surface area contributed by atoms with Gasteiger partial charge in [-0.25, -0.2) is 9.97 Å². The molecular weight excluding hydrogens is 350 g/mol. The predicted molar refractivity (Wildman–Crippen MR) is 99.1 cm³/mol. The smallest absolute Gasteiger partial charge is 0.316 e. The number of hydrogen-bond donors (Lipinski definition) is 0. The van der Waals surface area contributed by atoms with Crippen molar-refractivity contribution in [2.24, 2.45) is 5.92 Å². The molecule has 1 fully saturated rings. The summed E-state index contributed by atoms with van der Waals surface area (Å²) in [4.78, 5) is 24.7. The van der Waals surface area contributed by atoms with Crippen LogP contribution in [0.4, 0.5) is 11.5 Å². The first-order valence-electron chi connectivity index (χ1n) is 8.93. The summed E-state index contributed by atoms with van der Waals surface area (Å²) in [7, 11) is 2.93. The normalized spacial score (nSPS) is 15.7. The van der Waals surface area contributed by atoms with Crippen LogP contribution in [0.5, 0.6) is 6.01 Å². The number of carbonyl (C=O) groups excluding carboxylic acids is 1. The molecule has 146 valence electrons. The van der Waals surface area contributed by atoms with Gasteiger partial charge in [-0.2, -0.15) is 0 Å². The highest BCUT2D eigenvalue weighted by atomic mass is 16.5. The van der Waals surface area contributed by atoms with Crippen molar-refractivity contribution < 1.29 is 18.8 Å². The van der Waals surface area contributed by atoms with Crippen molar-refractivity contribution in [2.75, 3.05) is 50.2 Å². The number of carbonyl (C=O) groups is 1. The molecule has 0 aliphatic carbocycles. The lowest BCUT2D eigenvalue weighted by atomic mass is 9.93. The Morgan fingerprint density at radius 2 is 1.74 bits per heavy atom. The summed E-state index contributed by atoms with van der Waals surface area (Å²) in [5.41, 5.74) is 0.960. The fourth-order valence-electron chi connectivity index (χ4n) is 3.19. The monoisotopic (exact) mass is 375 g/mol. The minimum Gasteiger partial charge on any atom is -0.468 e. The van der Waals surface area contributed by atoms with E-state index in [1.165, 1.54) is 7.11 Å². The SMILES string of the molecule is COC(=O)C(c1cc(N2CCN(c3cnc(OC)nc3)CC2)no1)C(C)C. The van der Waals surface area contributed by atoms with Crippen molar-refractivity contribution in [1.82, 2.24) is 15.1 Å². The summed E-state index contributed by atoms with van der Waals surface area (Å²) in [6.07, 6.45) is 3.53. The zero-order valence-electron chi connectivity index (χ0n) is 16.1. The Morgan fingerprint density at radius 3 is 2.30 bits per heavy atom. The standard InChI is InChI=1S/C18H25N5O4/c1-12(2)16(17(24)25-3)14-9-15(21-27-14)23-7-5-22(6-8-23)13-10-19-18(26-4)20-11-13/h9-12,16H,5-8H2,1-4H3. The molecule has 0 spiro atoms. The molecule has 0 bridgehead atoms. The first-order chi connectivity index (χ1) is 13.0. The summed E-state index contributed by atoms with van der Waals surface area (Å²) in [5, 5.41) is 4.16. The molecule has 1 saturated heterocycles. The van der Waals surface area contributed by atoms with Gasteiger partial charge in [0.15, 0.2) is 11.6 Å². The van der Waals surface area contributed by atoms with E-state index in [9.17, 15) is 4.79 Å². The fourth-order valence-corrected chi connectivity index (χ4v) is 3.19. The van der Waals surface area contributed by atoms with E-state index < -0.39 is 5.92 Å². The van der Waals surface area contributed by atoms with E-state index in [0.717, 1.165) is 37.7 Å². The van der Waals surface area contributed by atoms with Crippen molar-refractivity contribution in [1.29, 1.82) is 0 Å². The molecule has 3 heterocycles. The van der Waals surface area contributed by atoms with Crippen LogP contribution in [0.1, 0.15) is 25.5 Å². The lowest BCUT2D eigenvalue weighted by Crippen LogP contribution is -2.46. The molecule has 3 rings (SSSR count). The Kier molecular flexibility index (Phi) is 5.78. The minimum atomic E-state index is -0.450. The van der Waals surface area contributed by atoms with Crippen molar-refractivity contribution in [3.8, 4) is 6.01 Å². The highest BCUT2D eigenvalue weighted by Gasteiger charge is 2.30. The largest absolute Gasteiger partial charge is 0.468 e. The van der Waals surface area contributed by atoms with Crippen LogP contribution in [0, 0.1) is 5.92 Å². The molecule has 1 aliphatic heterocycles. The molecule has 2 aromatic rings. The fraction of sp³-hybridized carbons (Fsp3) is 0.556. The molecule has 9 heteroatoms. The minimum absolute atomic E-state index is 0.0603. The van der Waals surface area contributed by atoms with Crippen molar-refractivity contribution >= 4 is 17.5 Å². The highest BCUT2D eigenvalue weighted by Crippen LogP contribution is 2.29. The lowest BCUT2D eigenvalue weighted by molar-refractivity contribution is -0.144. The van der Waals surface area contributed by atoms with Crippen LogP contribution in [0.25, 0.3) is 0 Å². The predicted octanol–water partition coefficient (Wildman–Crippen LogP) is 1.71. The zero-order chi connectivity index (χ0) is 19.4. The lowest BCUT2D eigenvalue weighted by Gasteiger charge is -2.35. The van der Waals surface area contributed by atoms with Crippen LogP contribution in [0.3, 0.4) is 0 Å². The molecule has 1 atom stereocenters. The van der Waals surface area contributed by atoms with Gasteiger partial charge in [-0.3, -0.25) is 4.79 Å². The van der Waals surface area contributed by atoms with Crippen LogP contribution >= 0.6 is 0 Å². The summed E-state index contributed by atoms with van der Waals surface area (Å²) in [6.45, 7) is 7.09. The maximum Gasteiger partial charge on any atom is 0.316 e. The number of anilines is 2. The molecular formula is C18H25N5O4. The molecule has 0 radical (unpaired) electrons. The Hall–Kier alpha value is -2.84. The number of methoxy groups -OCH3 is 2. The van der Waals surface area contributed by atoms with Gasteiger partial charge in [-0.1, -0.05) is 19.0 Å². The van der Waals surface area contributed by atoms with Crippen LogP contribution in [0.2, 0.25) is 0 Å². The third-order valence-electron chi connectivity index (χ3n) is 4.71. The molecule has 9 nitrogen and oxygen atoms in total. The van der Waals surface area contributed by atoms with E-state index in [-0.39, 0.29) is 11.9 Å². The van der Waals surface area contributed by atoms with E-state index in [0.29, 0.717) is 11.8 Å². The van der Waals surface area contributed by atoms with Gasteiger partial charge in [-0.05, 0) is 5.92 Å². The number of hydrogen-bond acceptors (Lipinski definition) is 9. The van der Waals surface area contributed by atoms with Gasteiger partial charge in [-0.15, -0.1) is 0 Å². The first kappa shape index (κ1) is 18.9. The average Bonchev–Trinajstić information content (AvgIpc) is 3.17. The third kappa shape index (κ3) is 4.12. The topological polar surface area (TPSA) is 93.8 Å². The molecule has 0 N–H and O–H groups in total. The third-order valence-corrected chi connectivity index (χ3v) is 4.71. The highest BCUT2D eigenvalue weighted by molar-refractivity contribution is 5.77. The molecule has 2 aromatic heterocycles. The number of nitrogens with zero attached hydrogens (tertiary/aromatic N) is 5. The van der Waals surface area contributed by atoms with Crippen LogP contribution in [0.15, 0.2) is 23.0 Å². The van der Waals surface area contributed by atoms with Gasteiger partial charge < -0.3 is 23.8 Å². The van der Waals surface area contributed by atoms with Gasteiger partial charge in [0, 0.05) is 32.2 Å². The number of piperazine rings is 1. The number of esters is 1. The second-order valence-electron chi connectivity index (χ2n) is 6.73. The van der Waals surface area contributed by atoms with Crippen LogP contribution < -0.4 is 14.5 Å². The Labute approximate surface area is 158 Å². The molecule has 0 saturated carbocycles. The van der Waals surface area contributed by atoms with Crippen molar-refractivity contribution in [3.63, 3.8) is 0 Å². The van der Waals surface area contributed by atoms with Crippen LogP contribution in [-0.2, 0) is 9.53 Å². The number of rotatable bonds is 6. The number of ether oxygens (including phenoxy) is 2. The molecule has 0 aromatic carbocycles. The number of aromatic nitrogens is 3. The van der Waals surface area contributed by atoms with Crippen molar-refractivity contribution in [2.45, 2.75) is 19.8 Å². The molecule has 1 aliphatic rings. The van der Waals surface area contributed by atoms with Crippen LogP contribution in [-0.4, -0.2) is 61.5 Å². The molecule has 0 amide bonds. The summed E-state index contributed by atoms with van der Waals surface area (Å²) in [5.74, 6) is 0.583. The maximum atomic E-state index is 12.0.